The van der Waals surface area contributed by atoms with Crippen molar-refractivity contribution >= 4 is 45.7 Å². The third-order valence-corrected chi connectivity index (χ3v) is 6.16. The number of thiophene rings is 1. The number of carbonyl (C=O) groups excluding carboxylic acids is 2. The van der Waals surface area contributed by atoms with E-state index < -0.39 is 17.9 Å². The third-order valence-electron chi connectivity index (χ3n) is 5.17. The lowest BCUT2D eigenvalue weighted by molar-refractivity contribution is -0.145. The highest BCUT2D eigenvalue weighted by atomic mass is 35.5. The first-order chi connectivity index (χ1) is 16.0. The van der Waals surface area contributed by atoms with E-state index in [-0.39, 0.29) is 18.6 Å². The molecule has 0 aliphatic carbocycles. The van der Waals surface area contributed by atoms with Gasteiger partial charge in [-0.05, 0) is 58.3 Å². The lowest BCUT2D eigenvalue weighted by Gasteiger charge is -2.19. The molecular formula is C25H21ClN2O4S. The van der Waals surface area contributed by atoms with E-state index in [0.29, 0.717) is 28.1 Å². The first-order valence-electron chi connectivity index (χ1n) is 10.3. The van der Waals surface area contributed by atoms with E-state index in [1.165, 1.54) is 6.07 Å². The molecule has 33 heavy (non-hydrogen) atoms. The molecule has 0 aliphatic heterocycles. The highest BCUT2D eigenvalue weighted by molar-refractivity contribution is 7.07. The maximum Gasteiger partial charge on any atom is 0.329 e. The van der Waals surface area contributed by atoms with Gasteiger partial charge >= 0.3 is 5.97 Å². The number of benzene rings is 2. The fourth-order valence-electron chi connectivity index (χ4n) is 3.51. The number of esters is 1. The molecule has 1 amide bonds. The Hall–Kier alpha value is -3.42. The molecule has 0 radical (unpaired) electrons. The molecule has 2 aromatic heterocycles. The third kappa shape index (κ3) is 5.88. The number of para-hydroxylation sites is 1. The van der Waals surface area contributed by atoms with Crippen molar-refractivity contribution in [2.45, 2.75) is 18.9 Å². The second-order valence-corrected chi connectivity index (χ2v) is 8.71. The highest BCUT2D eigenvalue weighted by Gasteiger charge is 2.24. The number of rotatable bonds is 8. The molecule has 1 atom stereocenters. The number of ether oxygens (including phenoxy) is 1. The molecule has 2 aromatic carbocycles. The van der Waals surface area contributed by atoms with Gasteiger partial charge in [0.1, 0.15) is 6.04 Å². The molecule has 2 heterocycles. The number of aromatic amines is 1. The molecule has 0 spiro atoms. The summed E-state index contributed by atoms with van der Waals surface area (Å²) in [6.07, 6.45) is 0.697. The van der Waals surface area contributed by atoms with Crippen LogP contribution in [-0.4, -0.2) is 29.5 Å². The Morgan fingerprint density at radius 2 is 1.88 bits per heavy atom. The van der Waals surface area contributed by atoms with Gasteiger partial charge in [0.25, 0.3) is 5.91 Å². The zero-order valence-corrected chi connectivity index (χ0v) is 19.1. The van der Waals surface area contributed by atoms with E-state index in [4.69, 9.17) is 16.3 Å². The molecule has 4 rings (SSSR count). The molecule has 1 unspecified atom stereocenters. The van der Waals surface area contributed by atoms with Gasteiger partial charge in [-0.25, -0.2) is 4.79 Å². The maximum absolute atomic E-state index is 13.0. The summed E-state index contributed by atoms with van der Waals surface area (Å²) in [5.74, 6) is -0.988. The minimum absolute atomic E-state index is 0.112. The van der Waals surface area contributed by atoms with Gasteiger partial charge < -0.3 is 15.0 Å². The van der Waals surface area contributed by atoms with Crippen molar-refractivity contribution in [2.75, 3.05) is 6.61 Å². The number of carbonyl (C=O) groups is 2. The number of H-pyrrole nitrogens is 1. The van der Waals surface area contributed by atoms with Gasteiger partial charge in [-0.15, -0.1) is 0 Å². The first kappa shape index (κ1) is 22.8. The van der Waals surface area contributed by atoms with Gasteiger partial charge in [-0.3, -0.25) is 9.59 Å². The zero-order valence-electron chi connectivity index (χ0n) is 17.5. The van der Waals surface area contributed by atoms with Gasteiger partial charge in [0, 0.05) is 40.4 Å². The van der Waals surface area contributed by atoms with Crippen molar-refractivity contribution in [1.29, 1.82) is 0 Å². The quantitative estimate of drug-likeness (QED) is 0.366. The summed E-state index contributed by atoms with van der Waals surface area (Å²) in [4.78, 5) is 40.7. The van der Waals surface area contributed by atoms with E-state index in [0.717, 1.165) is 10.9 Å². The van der Waals surface area contributed by atoms with Crippen LogP contribution in [0.2, 0.25) is 5.02 Å². The second-order valence-electron chi connectivity index (χ2n) is 7.49. The Morgan fingerprint density at radius 3 is 2.64 bits per heavy atom. The van der Waals surface area contributed by atoms with Crippen molar-refractivity contribution in [1.82, 2.24) is 10.3 Å². The molecule has 0 saturated heterocycles. The lowest BCUT2D eigenvalue weighted by Crippen LogP contribution is -2.43. The van der Waals surface area contributed by atoms with E-state index in [9.17, 15) is 14.4 Å². The molecule has 168 valence electrons. The highest BCUT2D eigenvalue weighted by Crippen LogP contribution is 2.17. The SMILES string of the molecule is O=C(NC(Cc1cc(=O)[nH]c2ccccc12)C(=O)OCCc1ccsc1)c1ccc(Cl)cc1. The number of hydrogen-bond acceptors (Lipinski definition) is 5. The van der Waals surface area contributed by atoms with Crippen LogP contribution in [0.5, 0.6) is 0 Å². The molecule has 0 saturated carbocycles. The van der Waals surface area contributed by atoms with Crippen LogP contribution in [0.4, 0.5) is 0 Å². The topological polar surface area (TPSA) is 88.3 Å². The summed E-state index contributed by atoms with van der Waals surface area (Å²) in [5, 5.41) is 8.03. The van der Waals surface area contributed by atoms with Crippen molar-refractivity contribution in [3.05, 3.63) is 103 Å². The Kier molecular flexibility index (Phi) is 7.22. The van der Waals surface area contributed by atoms with Crippen molar-refractivity contribution < 1.29 is 14.3 Å². The van der Waals surface area contributed by atoms with Crippen LogP contribution >= 0.6 is 22.9 Å². The first-order valence-corrected chi connectivity index (χ1v) is 11.7. The zero-order chi connectivity index (χ0) is 23.2. The molecule has 2 N–H and O–H groups in total. The Morgan fingerprint density at radius 1 is 1.09 bits per heavy atom. The average molecular weight is 481 g/mol. The Balaban J connectivity index is 1.56. The normalized spacial score (nSPS) is 11.8. The number of halogens is 1. The van der Waals surface area contributed by atoms with E-state index in [1.807, 2.05) is 35.0 Å². The van der Waals surface area contributed by atoms with Crippen LogP contribution in [0, 0.1) is 0 Å². The molecule has 8 heteroatoms. The number of fused-ring (bicyclic) bond motifs is 1. The van der Waals surface area contributed by atoms with Crippen molar-refractivity contribution in [3.8, 4) is 0 Å². The lowest BCUT2D eigenvalue weighted by atomic mass is 10.0. The molecule has 4 aromatic rings. The summed E-state index contributed by atoms with van der Waals surface area (Å²) in [6, 6.07) is 16.2. The van der Waals surface area contributed by atoms with Gasteiger partial charge in [0.05, 0.1) is 6.61 Å². The smallest absolute Gasteiger partial charge is 0.329 e. The second kappa shape index (κ2) is 10.5. The Bertz CT molecular complexity index is 1320. The standard InChI is InChI=1S/C25H21ClN2O4S/c26-19-7-5-17(6-8-19)24(30)28-22(25(31)32-11-9-16-10-12-33-15-16)13-18-14-23(29)27-21-4-2-1-3-20(18)21/h1-8,10,12,14-15,22H,9,11,13H2,(H,27,29)(H,28,30). The molecule has 0 fully saturated rings. The monoisotopic (exact) mass is 480 g/mol. The molecular weight excluding hydrogens is 460 g/mol. The van der Waals surface area contributed by atoms with Crippen LogP contribution in [0.3, 0.4) is 0 Å². The largest absolute Gasteiger partial charge is 0.464 e. The van der Waals surface area contributed by atoms with Crippen LogP contribution in [0.15, 0.2) is 76.2 Å². The van der Waals surface area contributed by atoms with Gasteiger partial charge in [-0.2, -0.15) is 11.3 Å². The van der Waals surface area contributed by atoms with Crippen LogP contribution in [0.25, 0.3) is 10.9 Å². The summed E-state index contributed by atoms with van der Waals surface area (Å²) >= 11 is 7.49. The predicted molar refractivity (Wildman–Crippen MR) is 130 cm³/mol. The Labute approximate surface area is 199 Å². The van der Waals surface area contributed by atoms with E-state index in [2.05, 4.69) is 10.3 Å². The van der Waals surface area contributed by atoms with E-state index in [1.54, 1.807) is 41.7 Å². The van der Waals surface area contributed by atoms with Crippen LogP contribution in [-0.2, 0) is 22.4 Å². The van der Waals surface area contributed by atoms with Gasteiger partial charge in [0.2, 0.25) is 5.56 Å². The summed E-state index contributed by atoms with van der Waals surface area (Å²) in [6.45, 7) is 0.193. The maximum atomic E-state index is 13.0. The van der Waals surface area contributed by atoms with Crippen molar-refractivity contribution in [2.24, 2.45) is 0 Å². The summed E-state index contributed by atoms with van der Waals surface area (Å²) in [7, 11) is 0. The van der Waals surface area contributed by atoms with Gasteiger partial charge in [-0.1, -0.05) is 29.8 Å². The molecule has 6 nitrogen and oxygen atoms in total. The minimum Gasteiger partial charge on any atom is -0.464 e. The number of aromatic nitrogens is 1. The summed E-state index contributed by atoms with van der Waals surface area (Å²) < 4.78 is 5.49. The number of nitrogens with one attached hydrogen (secondary N) is 2. The average Bonchev–Trinajstić information content (AvgIpc) is 3.32. The predicted octanol–water partition coefficient (Wildman–Crippen LogP) is 4.37. The fraction of sp³-hybridized carbons (Fsp3) is 0.160. The number of amides is 1. The van der Waals surface area contributed by atoms with Crippen LogP contribution in [0.1, 0.15) is 21.5 Å². The molecule has 0 aliphatic rings. The number of hydrogen-bond donors (Lipinski definition) is 2. The van der Waals surface area contributed by atoms with Gasteiger partial charge in [0.15, 0.2) is 0 Å². The number of pyridine rings is 1. The molecule has 0 bridgehead atoms. The van der Waals surface area contributed by atoms with Crippen LogP contribution < -0.4 is 10.9 Å². The van der Waals surface area contributed by atoms with Crippen molar-refractivity contribution in [3.63, 3.8) is 0 Å². The fourth-order valence-corrected chi connectivity index (χ4v) is 4.34. The minimum atomic E-state index is -0.971. The summed E-state index contributed by atoms with van der Waals surface area (Å²) in [5.41, 5.74) is 2.47. The van der Waals surface area contributed by atoms with E-state index >= 15 is 0 Å².